The zero-order valence-corrected chi connectivity index (χ0v) is 14.1. The third-order valence-corrected chi connectivity index (χ3v) is 4.02. The highest BCUT2D eigenvalue weighted by atomic mass is 16.5. The van der Waals surface area contributed by atoms with Crippen molar-refractivity contribution in [2.45, 2.75) is 25.8 Å². The number of furan rings is 2. The number of para-hydroxylation sites is 1. The number of nitrogens with one attached hydrogen (secondary N) is 1. The Hall–Kier alpha value is -3.35. The highest BCUT2D eigenvalue weighted by Gasteiger charge is 2.16. The van der Waals surface area contributed by atoms with Gasteiger partial charge in [0.1, 0.15) is 11.3 Å². The summed E-state index contributed by atoms with van der Waals surface area (Å²) in [5, 5.41) is 7.78. The van der Waals surface area contributed by atoms with Gasteiger partial charge in [-0.25, -0.2) is 0 Å². The van der Waals surface area contributed by atoms with Gasteiger partial charge in [-0.3, -0.25) is 4.79 Å². The molecule has 3 aromatic heterocycles. The number of hydrogen-bond donors (Lipinski definition) is 1. The van der Waals surface area contributed by atoms with Crippen molar-refractivity contribution in [3.63, 3.8) is 0 Å². The maximum absolute atomic E-state index is 12.2. The van der Waals surface area contributed by atoms with Gasteiger partial charge in [-0.1, -0.05) is 23.4 Å². The lowest BCUT2D eigenvalue weighted by molar-refractivity contribution is -0.121. The van der Waals surface area contributed by atoms with Crippen LogP contribution in [-0.2, 0) is 11.2 Å². The van der Waals surface area contributed by atoms with E-state index in [1.165, 1.54) is 6.26 Å². The molecule has 0 spiro atoms. The first-order chi connectivity index (χ1) is 12.7. The first-order valence-corrected chi connectivity index (χ1v) is 8.33. The van der Waals surface area contributed by atoms with Gasteiger partial charge in [0.05, 0.1) is 12.3 Å². The molecular formula is C19H17N3O4. The molecule has 1 atom stereocenters. The molecule has 7 heteroatoms. The molecule has 3 heterocycles. The van der Waals surface area contributed by atoms with Gasteiger partial charge in [-0.05, 0) is 31.2 Å². The van der Waals surface area contributed by atoms with Crippen molar-refractivity contribution >= 4 is 16.9 Å². The van der Waals surface area contributed by atoms with E-state index in [2.05, 4.69) is 15.5 Å². The third-order valence-electron chi connectivity index (χ3n) is 4.02. The molecule has 7 nitrogen and oxygen atoms in total. The smallest absolute Gasteiger partial charge is 0.238 e. The lowest BCUT2D eigenvalue weighted by atomic mass is 10.2. The van der Waals surface area contributed by atoms with Gasteiger partial charge >= 0.3 is 0 Å². The fourth-order valence-corrected chi connectivity index (χ4v) is 2.68. The van der Waals surface area contributed by atoms with Crippen LogP contribution in [0.25, 0.3) is 22.6 Å². The quantitative estimate of drug-likeness (QED) is 0.566. The number of benzene rings is 1. The van der Waals surface area contributed by atoms with Crippen LogP contribution in [0.2, 0.25) is 0 Å². The molecule has 0 saturated carbocycles. The molecule has 1 aromatic carbocycles. The van der Waals surface area contributed by atoms with Crippen molar-refractivity contribution in [3.05, 3.63) is 60.4 Å². The standard InChI is InChI=1S/C19H17N3O4/c1-12(16-11-13-5-2-3-6-14(13)25-16)20-17(23)8-9-18-21-19(22-26-18)15-7-4-10-24-15/h2-7,10-12H,8-9H2,1H3,(H,20,23). The van der Waals surface area contributed by atoms with E-state index in [-0.39, 0.29) is 18.4 Å². The van der Waals surface area contributed by atoms with E-state index in [0.29, 0.717) is 23.9 Å². The molecule has 0 fully saturated rings. The van der Waals surface area contributed by atoms with E-state index in [9.17, 15) is 4.79 Å². The Morgan fingerprint density at radius 2 is 2.12 bits per heavy atom. The SMILES string of the molecule is CC(NC(=O)CCc1nc(-c2ccco2)no1)c1cc2ccccc2o1. The lowest BCUT2D eigenvalue weighted by Crippen LogP contribution is -2.26. The number of amides is 1. The zero-order chi connectivity index (χ0) is 17.9. The van der Waals surface area contributed by atoms with Crippen LogP contribution in [0.4, 0.5) is 0 Å². The number of nitrogens with zero attached hydrogens (tertiary/aromatic N) is 2. The summed E-state index contributed by atoms with van der Waals surface area (Å²) < 4.78 is 16.1. The fraction of sp³-hybridized carbons (Fsp3) is 0.211. The van der Waals surface area contributed by atoms with Gasteiger partial charge in [0.2, 0.25) is 17.6 Å². The highest BCUT2D eigenvalue weighted by molar-refractivity contribution is 5.79. The van der Waals surface area contributed by atoms with E-state index in [1.807, 2.05) is 37.3 Å². The van der Waals surface area contributed by atoms with E-state index in [4.69, 9.17) is 13.4 Å². The normalized spacial score (nSPS) is 12.3. The Balaban J connectivity index is 1.33. The number of aromatic nitrogens is 2. The molecule has 4 rings (SSSR count). The van der Waals surface area contributed by atoms with Crippen molar-refractivity contribution in [2.24, 2.45) is 0 Å². The Labute approximate surface area is 149 Å². The molecule has 26 heavy (non-hydrogen) atoms. The van der Waals surface area contributed by atoms with Gasteiger partial charge < -0.3 is 18.7 Å². The summed E-state index contributed by atoms with van der Waals surface area (Å²) in [7, 11) is 0. The molecule has 0 aliphatic heterocycles. The highest BCUT2D eigenvalue weighted by Crippen LogP contribution is 2.23. The second kappa shape index (κ2) is 6.87. The average Bonchev–Trinajstić information content (AvgIpc) is 3.39. The first kappa shape index (κ1) is 16.1. The van der Waals surface area contributed by atoms with E-state index < -0.39 is 0 Å². The van der Waals surface area contributed by atoms with Gasteiger partial charge in [-0.15, -0.1) is 0 Å². The lowest BCUT2D eigenvalue weighted by Gasteiger charge is -2.10. The Bertz CT molecular complexity index is 983. The van der Waals surface area contributed by atoms with E-state index in [1.54, 1.807) is 12.1 Å². The summed E-state index contributed by atoms with van der Waals surface area (Å²) in [6, 6.07) is 13.0. The van der Waals surface area contributed by atoms with Gasteiger partial charge in [0.25, 0.3) is 0 Å². The Morgan fingerprint density at radius 3 is 2.92 bits per heavy atom. The minimum atomic E-state index is -0.226. The Kier molecular flexibility index (Phi) is 4.27. The van der Waals surface area contributed by atoms with Crippen LogP contribution in [0.15, 0.2) is 62.1 Å². The van der Waals surface area contributed by atoms with Crippen LogP contribution in [0.5, 0.6) is 0 Å². The summed E-state index contributed by atoms with van der Waals surface area (Å²) >= 11 is 0. The third kappa shape index (κ3) is 3.37. The minimum Gasteiger partial charge on any atom is -0.461 e. The molecule has 0 bridgehead atoms. The molecular weight excluding hydrogens is 334 g/mol. The molecule has 0 aliphatic rings. The first-order valence-electron chi connectivity index (χ1n) is 8.33. The molecule has 0 saturated heterocycles. The number of rotatable bonds is 6. The fourth-order valence-electron chi connectivity index (χ4n) is 2.68. The van der Waals surface area contributed by atoms with Crippen molar-refractivity contribution in [1.82, 2.24) is 15.5 Å². The average molecular weight is 351 g/mol. The molecule has 4 aromatic rings. The number of carbonyl (C=O) groups is 1. The molecule has 1 N–H and O–H groups in total. The van der Waals surface area contributed by atoms with Gasteiger partial charge in [0, 0.05) is 18.2 Å². The minimum absolute atomic E-state index is 0.115. The van der Waals surface area contributed by atoms with Crippen molar-refractivity contribution in [1.29, 1.82) is 0 Å². The maximum Gasteiger partial charge on any atom is 0.238 e. The van der Waals surface area contributed by atoms with Crippen molar-refractivity contribution < 1.29 is 18.2 Å². The largest absolute Gasteiger partial charge is 0.461 e. The summed E-state index contributed by atoms with van der Waals surface area (Å²) in [5.74, 6) is 1.90. The molecule has 0 aliphatic carbocycles. The number of hydrogen-bond acceptors (Lipinski definition) is 6. The van der Waals surface area contributed by atoms with Crippen LogP contribution >= 0.6 is 0 Å². The number of aryl methyl sites for hydroxylation is 1. The molecule has 0 radical (unpaired) electrons. The monoisotopic (exact) mass is 351 g/mol. The predicted molar refractivity (Wildman–Crippen MR) is 93.1 cm³/mol. The van der Waals surface area contributed by atoms with Crippen LogP contribution < -0.4 is 5.32 Å². The van der Waals surface area contributed by atoms with Gasteiger partial charge in [-0.2, -0.15) is 4.98 Å². The zero-order valence-electron chi connectivity index (χ0n) is 14.1. The Morgan fingerprint density at radius 1 is 1.23 bits per heavy atom. The van der Waals surface area contributed by atoms with E-state index >= 15 is 0 Å². The van der Waals surface area contributed by atoms with Crippen LogP contribution in [-0.4, -0.2) is 16.0 Å². The van der Waals surface area contributed by atoms with Crippen LogP contribution in [0, 0.1) is 0 Å². The van der Waals surface area contributed by atoms with E-state index in [0.717, 1.165) is 16.7 Å². The van der Waals surface area contributed by atoms with Crippen molar-refractivity contribution in [2.75, 3.05) is 0 Å². The maximum atomic E-state index is 12.2. The summed E-state index contributed by atoms with van der Waals surface area (Å²) in [5.41, 5.74) is 0.805. The topological polar surface area (TPSA) is 94.3 Å². The summed E-state index contributed by atoms with van der Waals surface area (Å²) in [6.07, 6.45) is 2.13. The molecule has 1 unspecified atom stereocenters. The second-order valence-electron chi connectivity index (χ2n) is 5.96. The van der Waals surface area contributed by atoms with Crippen LogP contribution in [0.1, 0.15) is 31.0 Å². The summed E-state index contributed by atoms with van der Waals surface area (Å²) in [4.78, 5) is 16.4. The summed E-state index contributed by atoms with van der Waals surface area (Å²) in [6.45, 7) is 1.89. The van der Waals surface area contributed by atoms with Crippen molar-refractivity contribution in [3.8, 4) is 11.6 Å². The van der Waals surface area contributed by atoms with Crippen LogP contribution in [0.3, 0.4) is 0 Å². The molecule has 132 valence electrons. The molecule has 1 amide bonds. The number of carbonyl (C=O) groups excluding carboxylic acids is 1. The predicted octanol–water partition coefficient (Wildman–Crippen LogP) is 3.89. The van der Waals surface area contributed by atoms with Gasteiger partial charge in [0.15, 0.2) is 5.76 Å². The second-order valence-corrected chi connectivity index (χ2v) is 5.96. The number of fused-ring (bicyclic) bond motifs is 1.